The van der Waals surface area contributed by atoms with Gasteiger partial charge in [-0.3, -0.25) is 10.0 Å². The Balaban J connectivity index is 2.33. The number of esters is 2. The molecule has 0 saturated carbocycles. The van der Waals surface area contributed by atoms with E-state index in [0.717, 1.165) is 6.20 Å². The lowest BCUT2D eigenvalue weighted by Crippen LogP contribution is -2.97. The zero-order valence-electron chi connectivity index (χ0n) is 14.3. The highest BCUT2D eigenvalue weighted by molar-refractivity contribution is 6.13. The average molecular weight is 358 g/mol. The monoisotopic (exact) mass is 358 g/mol. The molecule has 0 aromatic carbocycles. The summed E-state index contributed by atoms with van der Waals surface area (Å²) >= 11 is 0. The summed E-state index contributed by atoms with van der Waals surface area (Å²) in [7, 11) is 0. The Hall–Kier alpha value is -3.17. The van der Waals surface area contributed by atoms with Crippen molar-refractivity contribution in [3.63, 3.8) is 0 Å². The van der Waals surface area contributed by atoms with E-state index in [4.69, 9.17) is 9.47 Å². The van der Waals surface area contributed by atoms with Crippen LogP contribution in [-0.2, 0) is 19.1 Å². The second-order valence-electron chi connectivity index (χ2n) is 4.86. The first-order valence-corrected chi connectivity index (χ1v) is 7.90. The Kier molecular flexibility index (Phi) is 6.89. The van der Waals surface area contributed by atoms with Gasteiger partial charge in [-0.1, -0.05) is 0 Å². The number of aromatic nitrogens is 3. The minimum Gasteiger partial charge on any atom is -0.623 e. The second-order valence-corrected chi connectivity index (χ2v) is 4.86. The van der Waals surface area contributed by atoms with Crippen LogP contribution in [0.2, 0.25) is 0 Å². The molecule has 0 spiro atoms. The number of hydroxylamine groups is 1. The van der Waals surface area contributed by atoms with Crippen molar-refractivity contribution in [2.75, 3.05) is 13.2 Å². The SMILES string of the molecule is CCOC(=O)C(=C[NH+]([O-])c1ccnc(-c2ccncc2)n1)C(=O)OCC. The molecule has 2 aromatic heterocycles. The van der Waals surface area contributed by atoms with Crippen LogP contribution in [0.3, 0.4) is 0 Å². The smallest absolute Gasteiger partial charge is 0.351 e. The van der Waals surface area contributed by atoms with Crippen LogP contribution < -0.4 is 5.06 Å². The number of nitrogens with one attached hydrogen (secondary N) is 1. The molecule has 0 aliphatic rings. The quantitative estimate of drug-likeness (QED) is 0.251. The molecule has 1 unspecified atom stereocenters. The molecule has 2 rings (SSSR count). The van der Waals surface area contributed by atoms with Crippen LogP contribution in [-0.4, -0.2) is 40.1 Å². The van der Waals surface area contributed by atoms with Gasteiger partial charge in [0.05, 0.1) is 13.2 Å². The van der Waals surface area contributed by atoms with Crippen molar-refractivity contribution in [2.45, 2.75) is 13.8 Å². The number of nitrogens with zero attached hydrogens (tertiary/aromatic N) is 3. The van der Waals surface area contributed by atoms with Crippen LogP contribution in [0.5, 0.6) is 0 Å². The van der Waals surface area contributed by atoms with E-state index in [9.17, 15) is 14.8 Å². The van der Waals surface area contributed by atoms with E-state index >= 15 is 0 Å². The predicted octanol–water partition coefficient (Wildman–Crippen LogP) is 0.563. The maximum atomic E-state index is 12.5. The van der Waals surface area contributed by atoms with Crippen molar-refractivity contribution in [1.82, 2.24) is 15.0 Å². The molecule has 2 aromatic rings. The van der Waals surface area contributed by atoms with Gasteiger partial charge in [0.1, 0.15) is 6.20 Å². The van der Waals surface area contributed by atoms with Gasteiger partial charge in [0.25, 0.3) is 0 Å². The molecule has 0 saturated heterocycles. The van der Waals surface area contributed by atoms with E-state index in [1.54, 1.807) is 38.4 Å². The maximum absolute atomic E-state index is 12.5. The van der Waals surface area contributed by atoms with E-state index in [-0.39, 0.29) is 19.0 Å². The first-order chi connectivity index (χ1) is 12.6. The Bertz CT molecular complexity index is 775. The average Bonchev–Trinajstić information content (AvgIpc) is 2.67. The Morgan fingerprint density at radius 2 is 1.69 bits per heavy atom. The third kappa shape index (κ3) is 4.91. The van der Waals surface area contributed by atoms with Crippen molar-refractivity contribution in [3.05, 3.63) is 53.8 Å². The molecule has 136 valence electrons. The fourth-order valence-electron chi connectivity index (χ4n) is 1.96. The Morgan fingerprint density at radius 1 is 1.08 bits per heavy atom. The molecule has 9 heteroatoms. The molecule has 0 fully saturated rings. The van der Waals surface area contributed by atoms with Crippen LogP contribution in [0.4, 0.5) is 5.82 Å². The summed E-state index contributed by atoms with van der Waals surface area (Å²) in [6, 6.07) is 4.78. The lowest BCUT2D eigenvalue weighted by molar-refractivity contribution is -0.717. The van der Waals surface area contributed by atoms with Crippen molar-refractivity contribution >= 4 is 17.8 Å². The van der Waals surface area contributed by atoms with Crippen LogP contribution in [0, 0.1) is 5.21 Å². The van der Waals surface area contributed by atoms with Crippen LogP contribution in [0.25, 0.3) is 11.4 Å². The number of pyridine rings is 1. The molecule has 26 heavy (non-hydrogen) atoms. The number of carbonyl (C=O) groups is 2. The molecule has 0 radical (unpaired) electrons. The van der Waals surface area contributed by atoms with Gasteiger partial charge in [-0.15, -0.1) is 0 Å². The maximum Gasteiger partial charge on any atom is 0.351 e. The van der Waals surface area contributed by atoms with Gasteiger partial charge in [-0.25, -0.2) is 14.6 Å². The predicted molar refractivity (Wildman–Crippen MR) is 90.6 cm³/mol. The molecule has 0 aliphatic carbocycles. The van der Waals surface area contributed by atoms with Crippen molar-refractivity contribution in [2.24, 2.45) is 0 Å². The Morgan fingerprint density at radius 3 is 2.27 bits per heavy atom. The van der Waals surface area contributed by atoms with Gasteiger partial charge in [-0.2, -0.15) is 4.98 Å². The fourth-order valence-corrected chi connectivity index (χ4v) is 1.96. The van der Waals surface area contributed by atoms with Gasteiger partial charge >= 0.3 is 11.9 Å². The first-order valence-electron chi connectivity index (χ1n) is 7.90. The van der Waals surface area contributed by atoms with Gasteiger partial charge in [-0.05, 0) is 26.0 Å². The highest BCUT2D eigenvalue weighted by Gasteiger charge is 2.24. The second kappa shape index (κ2) is 9.35. The van der Waals surface area contributed by atoms with E-state index < -0.39 is 22.6 Å². The third-order valence-corrected chi connectivity index (χ3v) is 3.11. The molecular weight excluding hydrogens is 340 g/mol. The van der Waals surface area contributed by atoms with Gasteiger partial charge in [0.15, 0.2) is 11.4 Å². The summed E-state index contributed by atoms with van der Waals surface area (Å²) in [4.78, 5) is 36.0. The highest BCUT2D eigenvalue weighted by atomic mass is 16.6. The summed E-state index contributed by atoms with van der Waals surface area (Å²) < 4.78 is 9.60. The number of carbonyl (C=O) groups excluding carboxylic acids is 2. The standard InChI is InChI=1S/C17H18N4O5/c1-3-25-16(22)13(17(23)26-4-2)11-21(24)14-7-10-19-15(20-14)12-5-8-18-9-6-12/h5-11,21H,3-4H2,1-2H3. The third-order valence-electron chi connectivity index (χ3n) is 3.11. The zero-order chi connectivity index (χ0) is 18.9. The van der Waals surface area contributed by atoms with Gasteiger partial charge in [0.2, 0.25) is 5.82 Å². The molecule has 9 nitrogen and oxygen atoms in total. The number of hydrogen-bond donors (Lipinski definition) is 1. The molecule has 1 N–H and O–H groups in total. The van der Waals surface area contributed by atoms with E-state index in [0.29, 0.717) is 11.4 Å². The van der Waals surface area contributed by atoms with Crippen LogP contribution in [0.15, 0.2) is 48.6 Å². The number of ether oxygens (including phenoxy) is 2. The summed E-state index contributed by atoms with van der Waals surface area (Å²) in [5, 5.41) is 11.8. The highest BCUT2D eigenvalue weighted by Crippen LogP contribution is 2.13. The lowest BCUT2D eigenvalue weighted by atomic mass is 10.2. The van der Waals surface area contributed by atoms with Crippen LogP contribution in [0.1, 0.15) is 13.8 Å². The van der Waals surface area contributed by atoms with E-state index in [1.807, 2.05) is 0 Å². The summed E-state index contributed by atoms with van der Waals surface area (Å²) in [6.45, 7) is 3.30. The first kappa shape index (κ1) is 19.2. The minimum atomic E-state index is -0.928. The van der Waals surface area contributed by atoms with E-state index in [1.165, 1.54) is 12.3 Å². The van der Waals surface area contributed by atoms with E-state index in [2.05, 4.69) is 15.0 Å². The zero-order valence-corrected chi connectivity index (χ0v) is 14.3. The largest absolute Gasteiger partial charge is 0.623 e. The topological polar surface area (TPSA) is 119 Å². The summed E-state index contributed by atoms with van der Waals surface area (Å²) in [5.41, 5.74) is 0.192. The molecular formula is C17H18N4O5. The fraction of sp³-hybridized carbons (Fsp3) is 0.235. The minimum absolute atomic E-state index is 0.0258. The molecule has 0 bridgehead atoms. The number of quaternary nitrogens is 1. The number of rotatable bonds is 7. The van der Waals surface area contributed by atoms with Crippen LogP contribution >= 0.6 is 0 Å². The molecule has 0 amide bonds. The Labute approximate surface area is 149 Å². The molecule has 0 aliphatic heterocycles. The van der Waals surface area contributed by atoms with Gasteiger partial charge in [0, 0.05) is 30.2 Å². The summed E-state index contributed by atoms with van der Waals surface area (Å²) in [6.07, 6.45) is 5.44. The van der Waals surface area contributed by atoms with Crippen molar-refractivity contribution < 1.29 is 24.1 Å². The lowest BCUT2D eigenvalue weighted by Gasteiger charge is -2.17. The van der Waals surface area contributed by atoms with Gasteiger partial charge < -0.3 is 14.7 Å². The van der Waals surface area contributed by atoms with Crippen molar-refractivity contribution in [1.29, 1.82) is 0 Å². The summed E-state index contributed by atoms with van der Waals surface area (Å²) in [5.74, 6) is -1.51. The molecule has 2 heterocycles. The normalized spacial score (nSPS) is 11.3. The van der Waals surface area contributed by atoms with Crippen molar-refractivity contribution in [3.8, 4) is 11.4 Å². The number of hydrogen-bond acceptors (Lipinski definition) is 8. The molecule has 1 atom stereocenters.